The highest BCUT2D eigenvalue weighted by Crippen LogP contribution is 2.31. The minimum absolute atomic E-state index is 0.371. The van der Waals surface area contributed by atoms with Gasteiger partial charge in [0.05, 0.1) is 21.3 Å². The van der Waals surface area contributed by atoms with Gasteiger partial charge in [0, 0.05) is 17.7 Å². The van der Waals surface area contributed by atoms with E-state index in [0.29, 0.717) is 17.9 Å². The van der Waals surface area contributed by atoms with E-state index in [1.165, 1.54) is 13.2 Å². The predicted octanol–water partition coefficient (Wildman–Crippen LogP) is 2.67. The molecule has 98 valence electrons. The highest BCUT2D eigenvalue weighted by Gasteiger charge is 2.10. The van der Waals surface area contributed by atoms with Gasteiger partial charge in [0.2, 0.25) is 0 Å². The van der Waals surface area contributed by atoms with Crippen LogP contribution in [-0.2, 0) is 9.53 Å². The summed E-state index contributed by atoms with van der Waals surface area (Å²) in [7, 11) is 4.54. The molecule has 0 saturated heterocycles. The van der Waals surface area contributed by atoms with Crippen LogP contribution in [0.15, 0.2) is 24.3 Å². The molecule has 0 aliphatic heterocycles. The molecule has 0 atom stereocenters. The number of ether oxygens (including phenoxy) is 3. The van der Waals surface area contributed by atoms with E-state index in [1.54, 1.807) is 20.3 Å². The van der Waals surface area contributed by atoms with Gasteiger partial charge in [-0.3, -0.25) is 0 Å². The molecule has 4 nitrogen and oxygen atoms in total. The van der Waals surface area contributed by atoms with E-state index in [4.69, 9.17) is 9.47 Å². The quantitative estimate of drug-likeness (QED) is 0.595. The van der Waals surface area contributed by atoms with Crippen LogP contribution in [0, 0.1) is 0 Å². The molecule has 4 heteroatoms. The van der Waals surface area contributed by atoms with E-state index >= 15 is 0 Å². The summed E-state index contributed by atoms with van der Waals surface area (Å²) in [6.07, 6.45) is 2.18. The third kappa shape index (κ3) is 3.26. The van der Waals surface area contributed by atoms with Crippen LogP contribution in [0.4, 0.5) is 0 Å². The molecule has 1 aromatic carbocycles. The Morgan fingerprint density at radius 1 is 1.22 bits per heavy atom. The first-order chi connectivity index (χ1) is 8.65. The summed E-state index contributed by atoms with van der Waals surface area (Å²) < 4.78 is 15.1. The highest BCUT2D eigenvalue weighted by molar-refractivity contribution is 5.92. The minimum Gasteiger partial charge on any atom is -0.497 e. The molecule has 0 N–H and O–H groups in total. The molecule has 0 saturated carbocycles. The number of benzene rings is 1. The average molecular weight is 250 g/mol. The predicted molar refractivity (Wildman–Crippen MR) is 69.8 cm³/mol. The molecule has 0 aromatic heterocycles. The van der Waals surface area contributed by atoms with Gasteiger partial charge in [0.25, 0.3) is 0 Å². The van der Waals surface area contributed by atoms with Crippen molar-refractivity contribution >= 4 is 11.5 Å². The van der Waals surface area contributed by atoms with Gasteiger partial charge in [0.15, 0.2) is 0 Å². The van der Waals surface area contributed by atoms with Crippen LogP contribution < -0.4 is 9.47 Å². The maximum atomic E-state index is 11.3. The largest absolute Gasteiger partial charge is 0.497 e. The summed E-state index contributed by atoms with van der Waals surface area (Å²) in [6.45, 7) is 1.97. The lowest BCUT2D eigenvalue weighted by molar-refractivity contribution is -0.134. The zero-order valence-electron chi connectivity index (χ0n) is 11.1. The van der Waals surface area contributed by atoms with Crippen LogP contribution in [0.25, 0.3) is 5.57 Å². The zero-order chi connectivity index (χ0) is 13.5. The standard InChI is InChI=1S/C14H18O4/c1-5-10(8-14(15)18-4)12-7-6-11(16-2)9-13(12)17-3/h6-9H,5H2,1-4H3/b10-8-. The number of esters is 1. The lowest BCUT2D eigenvalue weighted by atomic mass is 10.0. The Morgan fingerprint density at radius 2 is 1.94 bits per heavy atom. The van der Waals surface area contributed by atoms with Gasteiger partial charge in [-0.25, -0.2) is 4.79 Å². The second-order valence-electron chi connectivity index (χ2n) is 3.61. The molecule has 0 radical (unpaired) electrons. The lowest BCUT2D eigenvalue weighted by Crippen LogP contribution is -1.98. The van der Waals surface area contributed by atoms with Gasteiger partial charge in [-0.1, -0.05) is 6.92 Å². The molecule has 0 fully saturated rings. The number of hydrogen-bond acceptors (Lipinski definition) is 4. The summed E-state index contributed by atoms with van der Waals surface area (Å²) >= 11 is 0. The third-order valence-corrected chi connectivity index (χ3v) is 2.63. The summed E-state index contributed by atoms with van der Waals surface area (Å²) in [5.74, 6) is 1.01. The van der Waals surface area contributed by atoms with Crippen molar-refractivity contribution in [3.8, 4) is 11.5 Å². The van der Waals surface area contributed by atoms with Crippen LogP contribution in [0.5, 0.6) is 11.5 Å². The third-order valence-electron chi connectivity index (χ3n) is 2.63. The fraction of sp³-hybridized carbons (Fsp3) is 0.357. The van der Waals surface area contributed by atoms with Crippen molar-refractivity contribution in [1.29, 1.82) is 0 Å². The Morgan fingerprint density at radius 3 is 2.44 bits per heavy atom. The Balaban J connectivity index is 3.21. The monoisotopic (exact) mass is 250 g/mol. The minimum atomic E-state index is -0.371. The van der Waals surface area contributed by atoms with Crippen molar-refractivity contribution < 1.29 is 19.0 Å². The highest BCUT2D eigenvalue weighted by atomic mass is 16.5. The number of methoxy groups -OCH3 is 3. The molecular weight excluding hydrogens is 232 g/mol. The van der Waals surface area contributed by atoms with E-state index in [-0.39, 0.29) is 5.97 Å². The zero-order valence-corrected chi connectivity index (χ0v) is 11.1. The molecule has 0 spiro atoms. The number of carbonyl (C=O) groups excluding carboxylic acids is 1. The number of hydrogen-bond donors (Lipinski definition) is 0. The van der Waals surface area contributed by atoms with Crippen molar-refractivity contribution in [2.75, 3.05) is 21.3 Å². The lowest BCUT2D eigenvalue weighted by Gasteiger charge is -2.12. The average Bonchev–Trinajstić information content (AvgIpc) is 2.43. The van der Waals surface area contributed by atoms with Crippen molar-refractivity contribution in [3.63, 3.8) is 0 Å². The van der Waals surface area contributed by atoms with E-state index in [2.05, 4.69) is 4.74 Å². The van der Waals surface area contributed by atoms with Crippen molar-refractivity contribution in [1.82, 2.24) is 0 Å². The Kier molecular flexibility index (Phi) is 5.24. The van der Waals surface area contributed by atoms with Crippen molar-refractivity contribution in [2.45, 2.75) is 13.3 Å². The first kappa shape index (κ1) is 14.1. The van der Waals surface area contributed by atoms with Crippen LogP contribution in [-0.4, -0.2) is 27.3 Å². The fourth-order valence-electron chi connectivity index (χ4n) is 1.64. The number of rotatable bonds is 5. The van der Waals surface area contributed by atoms with Gasteiger partial charge in [0.1, 0.15) is 11.5 Å². The van der Waals surface area contributed by atoms with Crippen LogP contribution in [0.3, 0.4) is 0 Å². The molecule has 1 rings (SSSR count). The van der Waals surface area contributed by atoms with E-state index in [1.807, 2.05) is 19.1 Å². The molecule has 0 unspecified atom stereocenters. The topological polar surface area (TPSA) is 44.8 Å². The smallest absolute Gasteiger partial charge is 0.330 e. The molecule has 1 aromatic rings. The van der Waals surface area contributed by atoms with E-state index in [9.17, 15) is 4.79 Å². The van der Waals surface area contributed by atoms with Crippen molar-refractivity contribution in [3.05, 3.63) is 29.8 Å². The summed E-state index contributed by atoms with van der Waals surface area (Å²) in [5, 5.41) is 0. The van der Waals surface area contributed by atoms with Gasteiger partial charge < -0.3 is 14.2 Å². The Hall–Kier alpha value is -1.97. The second-order valence-corrected chi connectivity index (χ2v) is 3.61. The summed E-state index contributed by atoms with van der Waals surface area (Å²) in [6, 6.07) is 5.49. The molecule has 0 heterocycles. The molecule has 18 heavy (non-hydrogen) atoms. The van der Waals surface area contributed by atoms with Gasteiger partial charge >= 0.3 is 5.97 Å². The maximum Gasteiger partial charge on any atom is 0.330 e. The molecule has 0 aliphatic rings. The summed E-state index contributed by atoms with van der Waals surface area (Å²) in [5.41, 5.74) is 1.73. The summed E-state index contributed by atoms with van der Waals surface area (Å²) in [4.78, 5) is 11.3. The SMILES string of the molecule is CC/C(=C/C(=O)OC)c1ccc(OC)cc1OC. The Bertz CT molecular complexity index is 449. The normalized spacial score (nSPS) is 11.0. The van der Waals surface area contributed by atoms with E-state index in [0.717, 1.165) is 11.1 Å². The molecule has 0 bridgehead atoms. The van der Waals surface area contributed by atoms with Crippen LogP contribution in [0.1, 0.15) is 18.9 Å². The van der Waals surface area contributed by atoms with Gasteiger partial charge in [-0.15, -0.1) is 0 Å². The molecular formula is C14H18O4. The second kappa shape index (κ2) is 6.69. The van der Waals surface area contributed by atoms with Gasteiger partial charge in [-0.05, 0) is 24.1 Å². The van der Waals surface area contributed by atoms with Gasteiger partial charge in [-0.2, -0.15) is 0 Å². The Labute approximate surface area is 107 Å². The maximum absolute atomic E-state index is 11.3. The molecule has 0 aliphatic carbocycles. The number of carbonyl (C=O) groups is 1. The first-order valence-electron chi connectivity index (χ1n) is 5.67. The van der Waals surface area contributed by atoms with Crippen LogP contribution >= 0.6 is 0 Å². The van der Waals surface area contributed by atoms with Crippen molar-refractivity contribution in [2.24, 2.45) is 0 Å². The van der Waals surface area contributed by atoms with Crippen LogP contribution in [0.2, 0.25) is 0 Å². The fourth-order valence-corrected chi connectivity index (χ4v) is 1.64. The first-order valence-corrected chi connectivity index (χ1v) is 5.67. The molecule has 0 amide bonds. The number of allylic oxidation sites excluding steroid dienone is 1. The van der Waals surface area contributed by atoms with E-state index < -0.39 is 0 Å².